The normalized spacial score (nSPS) is 5.50. The minimum atomic E-state index is 0. The van der Waals surface area contributed by atoms with Gasteiger partial charge in [-0.2, -0.15) is 0 Å². The second kappa shape index (κ2) is 22.6. The van der Waals surface area contributed by atoms with Crippen molar-refractivity contribution in [1.82, 2.24) is 5.32 Å². The second-order valence-corrected chi connectivity index (χ2v) is 1.62. The van der Waals surface area contributed by atoms with Crippen molar-refractivity contribution in [3.8, 4) is 0 Å². The molecule has 0 aromatic heterocycles. The quantitative estimate of drug-likeness (QED) is 0.412. The van der Waals surface area contributed by atoms with Crippen molar-refractivity contribution in [3.63, 3.8) is 0 Å². The van der Waals surface area contributed by atoms with Crippen LogP contribution in [-0.2, 0) is 4.74 Å². The van der Waals surface area contributed by atoms with Gasteiger partial charge in [0.25, 0.3) is 5.17 Å². The Balaban J connectivity index is -0.0000000408. The van der Waals surface area contributed by atoms with Gasteiger partial charge in [-0.1, -0.05) is 0 Å². The van der Waals surface area contributed by atoms with E-state index in [1.54, 1.807) is 0 Å². The van der Waals surface area contributed by atoms with Crippen molar-refractivity contribution in [1.29, 1.82) is 0 Å². The standard InChI is InChI=1S/C5H11NOS.Na.3H2O.H/c1-3-6-5(8)7-4-2;;;;;/h3-4H2,1-2H3,(H,6,8);;3*1H2;. The number of hydrogen-bond donors (Lipinski definition) is 1. The average molecular weight is 211 g/mol. The van der Waals surface area contributed by atoms with E-state index in [9.17, 15) is 0 Å². The monoisotopic (exact) mass is 211 g/mol. The Morgan fingerprint density at radius 3 is 1.92 bits per heavy atom. The second-order valence-electron chi connectivity index (χ2n) is 1.25. The predicted molar refractivity (Wildman–Crippen MR) is 55.9 cm³/mol. The van der Waals surface area contributed by atoms with Crippen molar-refractivity contribution < 1.29 is 21.2 Å². The molecule has 0 saturated heterocycles. The molecule has 7 heteroatoms. The summed E-state index contributed by atoms with van der Waals surface area (Å²) in [6.45, 7) is 5.36. The molecule has 0 aliphatic rings. The molecule has 0 aliphatic carbocycles. The first kappa shape index (κ1) is 29.4. The van der Waals surface area contributed by atoms with Crippen LogP contribution in [0.1, 0.15) is 13.8 Å². The zero-order chi connectivity index (χ0) is 6.41. The summed E-state index contributed by atoms with van der Waals surface area (Å²) in [6, 6.07) is 0. The van der Waals surface area contributed by atoms with Crippen LogP contribution in [0.15, 0.2) is 0 Å². The molecule has 0 aromatic carbocycles. The Kier molecular flexibility index (Phi) is 55.2. The Labute approximate surface area is 100 Å². The van der Waals surface area contributed by atoms with Crippen molar-refractivity contribution in [2.45, 2.75) is 13.8 Å². The van der Waals surface area contributed by atoms with Crippen molar-refractivity contribution in [2.24, 2.45) is 0 Å². The first-order valence-corrected chi connectivity index (χ1v) is 3.12. The Morgan fingerprint density at radius 2 is 1.67 bits per heavy atom. The van der Waals surface area contributed by atoms with E-state index in [2.05, 4.69) is 5.32 Å². The molecule has 74 valence electrons. The van der Waals surface area contributed by atoms with Gasteiger partial charge in [-0.15, -0.1) is 0 Å². The molecule has 7 N–H and O–H groups in total. The molecule has 0 amide bonds. The van der Waals surface area contributed by atoms with E-state index in [1.165, 1.54) is 0 Å². The molecule has 0 bridgehead atoms. The molecule has 0 aromatic rings. The third-order valence-electron chi connectivity index (χ3n) is 0.597. The fourth-order valence-electron chi connectivity index (χ4n) is 0.326. The predicted octanol–water partition coefficient (Wildman–Crippen LogP) is -2.21. The fraction of sp³-hybridized carbons (Fsp3) is 0.800. The number of thiocarbonyl (C=S) groups is 1. The third-order valence-corrected chi connectivity index (χ3v) is 0.859. The zero-order valence-electron chi connectivity index (χ0n) is 6.73. The summed E-state index contributed by atoms with van der Waals surface area (Å²) in [5.41, 5.74) is 0. The summed E-state index contributed by atoms with van der Waals surface area (Å²) in [5.74, 6) is 0. The van der Waals surface area contributed by atoms with Crippen LogP contribution in [0.2, 0.25) is 0 Å². The molecule has 0 unspecified atom stereocenters. The maximum absolute atomic E-state index is 4.90. The summed E-state index contributed by atoms with van der Waals surface area (Å²) in [5, 5.41) is 3.35. The van der Waals surface area contributed by atoms with E-state index in [4.69, 9.17) is 17.0 Å². The molecule has 0 spiro atoms. The molecule has 0 saturated carbocycles. The van der Waals surface area contributed by atoms with Gasteiger partial charge >= 0.3 is 29.6 Å². The van der Waals surface area contributed by atoms with E-state index in [0.717, 1.165) is 6.54 Å². The third kappa shape index (κ3) is 22.4. The molecule has 5 nitrogen and oxygen atoms in total. The summed E-state index contributed by atoms with van der Waals surface area (Å²) in [7, 11) is 0. The summed E-state index contributed by atoms with van der Waals surface area (Å²) in [6.07, 6.45) is 0. The zero-order valence-corrected chi connectivity index (χ0v) is 7.55. The molecule has 0 heterocycles. The van der Waals surface area contributed by atoms with Crippen molar-refractivity contribution >= 4 is 46.9 Å². The van der Waals surface area contributed by atoms with Gasteiger partial charge < -0.3 is 26.5 Å². The number of hydrogen-bond acceptors (Lipinski definition) is 2. The summed E-state index contributed by atoms with van der Waals surface area (Å²) >= 11 is 4.72. The summed E-state index contributed by atoms with van der Waals surface area (Å²) in [4.78, 5) is 0. The summed E-state index contributed by atoms with van der Waals surface area (Å²) < 4.78 is 4.90. The van der Waals surface area contributed by atoms with E-state index in [0.29, 0.717) is 11.8 Å². The molecule has 0 atom stereocenters. The molecule has 0 rings (SSSR count). The van der Waals surface area contributed by atoms with Gasteiger partial charge in [-0.25, -0.2) is 0 Å². The van der Waals surface area contributed by atoms with Gasteiger partial charge in [0.2, 0.25) is 0 Å². The van der Waals surface area contributed by atoms with E-state index in [1.807, 2.05) is 13.8 Å². The first-order valence-electron chi connectivity index (χ1n) is 2.71. The first-order chi connectivity index (χ1) is 3.81. The van der Waals surface area contributed by atoms with Gasteiger partial charge in [0.05, 0.1) is 6.61 Å². The van der Waals surface area contributed by atoms with Gasteiger partial charge in [-0.05, 0) is 26.1 Å². The van der Waals surface area contributed by atoms with E-state index in [-0.39, 0.29) is 46.0 Å². The van der Waals surface area contributed by atoms with Crippen LogP contribution in [-0.4, -0.2) is 64.3 Å². The van der Waals surface area contributed by atoms with Gasteiger partial charge in [0.1, 0.15) is 0 Å². The van der Waals surface area contributed by atoms with Crippen molar-refractivity contribution in [3.05, 3.63) is 0 Å². The molecular formula is C5H18NNaO4S. The molecule has 12 heavy (non-hydrogen) atoms. The molecule has 0 radical (unpaired) electrons. The Bertz CT molecular complexity index is 77.8. The van der Waals surface area contributed by atoms with Gasteiger partial charge in [0.15, 0.2) is 0 Å². The number of ether oxygens (including phenoxy) is 1. The van der Waals surface area contributed by atoms with Crippen LogP contribution < -0.4 is 5.32 Å². The van der Waals surface area contributed by atoms with E-state index < -0.39 is 0 Å². The molecule has 0 aliphatic heterocycles. The minimum absolute atomic E-state index is 0. The van der Waals surface area contributed by atoms with Crippen molar-refractivity contribution in [2.75, 3.05) is 13.2 Å². The van der Waals surface area contributed by atoms with E-state index >= 15 is 0 Å². The maximum atomic E-state index is 4.90. The van der Waals surface area contributed by atoms with Crippen LogP contribution in [0.4, 0.5) is 0 Å². The van der Waals surface area contributed by atoms with Crippen LogP contribution in [0.5, 0.6) is 0 Å². The van der Waals surface area contributed by atoms with Gasteiger partial charge in [-0.3, -0.25) is 0 Å². The van der Waals surface area contributed by atoms with Crippen LogP contribution in [0, 0.1) is 0 Å². The number of nitrogens with one attached hydrogen (secondary N) is 1. The topological polar surface area (TPSA) is 116 Å². The molecular weight excluding hydrogens is 193 g/mol. The fourth-order valence-corrected chi connectivity index (χ4v) is 0.589. The Hall–Kier alpha value is 0.570. The SMILES string of the molecule is CCNC(=S)OCC.O.O.O.[NaH]. The van der Waals surface area contributed by atoms with Crippen LogP contribution in [0.3, 0.4) is 0 Å². The van der Waals surface area contributed by atoms with Crippen LogP contribution in [0.25, 0.3) is 0 Å². The average Bonchev–Trinajstić information content (AvgIpc) is 1.68. The Morgan fingerprint density at radius 1 is 1.25 bits per heavy atom. The van der Waals surface area contributed by atoms with Crippen LogP contribution >= 0.6 is 12.2 Å². The molecule has 0 fully saturated rings. The number of rotatable bonds is 2. The van der Waals surface area contributed by atoms with Gasteiger partial charge in [0, 0.05) is 6.54 Å².